The standard InChI is InChI=1S/C29H42O5/c1-3-5-6-7-21-32-25-17-19-27(20-18-25)34-29(31)24-11-9-22(10-12-24)23-13-15-26(16-14-23)33-28(30)8-4-2/h4,8,17-20,22-24,26H,3,5-7,9-16,21H2,1-2H3. The van der Waals surface area contributed by atoms with Gasteiger partial charge < -0.3 is 14.2 Å². The van der Waals surface area contributed by atoms with Crippen LogP contribution in [-0.2, 0) is 14.3 Å². The number of ether oxygens (including phenoxy) is 3. The number of benzene rings is 1. The van der Waals surface area contributed by atoms with Gasteiger partial charge in [0.15, 0.2) is 0 Å². The first-order valence-electron chi connectivity index (χ1n) is 13.4. The molecule has 0 aliphatic heterocycles. The van der Waals surface area contributed by atoms with Crippen LogP contribution in [-0.4, -0.2) is 24.6 Å². The molecule has 34 heavy (non-hydrogen) atoms. The van der Waals surface area contributed by atoms with Crippen LogP contribution >= 0.6 is 0 Å². The van der Waals surface area contributed by atoms with Gasteiger partial charge in [-0.15, -0.1) is 0 Å². The van der Waals surface area contributed by atoms with Crippen molar-refractivity contribution in [1.82, 2.24) is 0 Å². The van der Waals surface area contributed by atoms with Crippen LogP contribution in [0.3, 0.4) is 0 Å². The molecule has 0 aromatic heterocycles. The van der Waals surface area contributed by atoms with Gasteiger partial charge in [-0.25, -0.2) is 4.79 Å². The van der Waals surface area contributed by atoms with Crippen molar-refractivity contribution in [3.05, 3.63) is 36.4 Å². The molecule has 0 radical (unpaired) electrons. The number of unbranched alkanes of at least 4 members (excludes halogenated alkanes) is 3. The molecule has 1 aromatic rings. The lowest BCUT2D eigenvalue weighted by Gasteiger charge is -2.37. The molecule has 0 heterocycles. The summed E-state index contributed by atoms with van der Waals surface area (Å²) in [7, 11) is 0. The number of allylic oxidation sites excluding steroid dienone is 1. The van der Waals surface area contributed by atoms with Gasteiger partial charge >= 0.3 is 11.9 Å². The highest BCUT2D eigenvalue weighted by Crippen LogP contribution is 2.41. The zero-order valence-corrected chi connectivity index (χ0v) is 21.0. The topological polar surface area (TPSA) is 61.8 Å². The van der Waals surface area contributed by atoms with Gasteiger partial charge in [-0.2, -0.15) is 0 Å². The van der Waals surface area contributed by atoms with Gasteiger partial charge in [0.2, 0.25) is 0 Å². The average Bonchev–Trinajstić information content (AvgIpc) is 2.85. The fourth-order valence-corrected chi connectivity index (χ4v) is 5.37. The molecule has 5 nitrogen and oxygen atoms in total. The van der Waals surface area contributed by atoms with E-state index in [9.17, 15) is 9.59 Å². The van der Waals surface area contributed by atoms with Crippen LogP contribution in [0.15, 0.2) is 36.4 Å². The molecule has 0 saturated heterocycles. The fourth-order valence-electron chi connectivity index (χ4n) is 5.37. The Hall–Kier alpha value is -2.30. The predicted octanol–water partition coefficient (Wildman–Crippen LogP) is 7.04. The van der Waals surface area contributed by atoms with Gasteiger partial charge in [-0.05, 0) is 101 Å². The molecule has 2 aliphatic carbocycles. The number of carbonyl (C=O) groups is 2. The predicted molar refractivity (Wildman–Crippen MR) is 134 cm³/mol. The van der Waals surface area contributed by atoms with Crippen molar-refractivity contribution in [2.24, 2.45) is 17.8 Å². The minimum Gasteiger partial charge on any atom is -0.494 e. The molecule has 0 atom stereocenters. The summed E-state index contributed by atoms with van der Waals surface area (Å²) in [4.78, 5) is 24.4. The zero-order chi connectivity index (χ0) is 24.2. The summed E-state index contributed by atoms with van der Waals surface area (Å²) in [6, 6.07) is 7.41. The third-order valence-electron chi connectivity index (χ3n) is 7.39. The second-order valence-electron chi connectivity index (χ2n) is 9.89. The Morgan fingerprint density at radius 2 is 1.47 bits per heavy atom. The molecule has 0 bridgehead atoms. The molecule has 1 aromatic carbocycles. The highest BCUT2D eigenvalue weighted by Gasteiger charge is 2.34. The quantitative estimate of drug-likeness (QED) is 0.150. The summed E-state index contributed by atoms with van der Waals surface area (Å²) in [6.07, 6.45) is 16.1. The summed E-state index contributed by atoms with van der Waals surface area (Å²) >= 11 is 0. The van der Waals surface area contributed by atoms with E-state index in [1.165, 1.54) is 25.3 Å². The van der Waals surface area contributed by atoms with Crippen molar-refractivity contribution in [1.29, 1.82) is 0 Å². The first-order valence-corrected chi connectivity index (χ1v) is 13.4. The fraction of sp³-hybridized carbons (Fsp3) is 0.655. The Balaban J connectivity index is 1.34. The van der Waals surface area contributed by atoms with E-state index in [0.717, 1.165) is 70.1 Å². The van der Waals surface area contributed by atoms with Gasteiger partial charge in [0.25, 0.3) is 0 Å². The molecule has 0 N–H and O–H groups in total. The zero-order valence-electron chi connectivity index (χ0n) is 21.0. The van der Waals surface area contributed by atoms with Crippen molar-refractivity contribution in [2.45, 2.75) is 97.0 Å². The van der Waals surface area contributed by atoms with Crippen molar-refractivity contribution in [2.75, 3.05) is 6.61 Å². The first-order chi connectivity index (χ1) is 16.6. The Labute approximate surface area is 205 Å². The van der Waals surface area contributed by atoms with Gasteiger partial charge in [0, 0.05) is 6.08 Å². The maximum atomic E-state index is 12.7. The SMILES string of the molecule is CC=CC(=O)OC1CCC(C2CCC(C(=O)Oc3ccc(OCCCCCC)cc3)CC2)CC1. The molecule has 2 fully saturated rings. The molecule has 0 amide bonds. The van der Waals surface area contributed by atoms with Crippen LogP contribution in [0.25, 0.3) is 0 Å². The molecule has 0 unspecified atom stereocenters. The second-order valence-corrected chi connectivity index (χ2v) is 9.89. The van der Waals surface area contributed by atoms with Gasteiger partial charge in [0.1, 0.15) is 17.6 Å². The molecule has 188 valence electrons. The van der Waals surface area contributed by atoms with E-state index < -0.39 is 0 Å². The third-order valence-corrected chi connectivity index (χ3v) is 7.39. The largest absolute Gasteiger partial charge is 0.494 e. The van der Waals surface area contributed by atoms with Crippen LogP contribution < -0.4 is 9.47 Å². The average molecular weight is 471 g/mol. The summed E-state index contributed by atoms with van der Waals surface area (Å²) in [6.45, 7) is 4.75. The smallest absolute Gasteiger partial charge is 0.330 e. The molecule has 3 rings (SSSR count). The monoisotopic (exact) mass is 470 g/mol. The lowest BCUT2D eigenvalue weighted by atomic mass is 9.70. The highest BCUT2D eigenvalue weighted by atomic mass is 16.5. The summed E-state index contributed by atoms with van der Waals surface area (Å²) in [5.74, 6) is 2.43. The molecular formula is C29H42O5. The van der Waals surface area contributed by atoms with Crippen LogP contribution in [0.5, 0.6) is 11.5 Å². The van der Waals surface area contributed by atoms with Gasteiger partial charge in [-0.1, -0.05) is 32.3 Å². The Morgan fingerprint density at radius 1 is 0.853 bits per heavy atom. The van der Waals surface area contributed by atoms with E-state index in [-0.39, 0.29) is 24.0 Å². The third kappa shape index (κ3) is 8.48. The minimum absolute atomic E-state index is 0.0103. The number of carbonyl (C=O) groups excluding carboxylic acids is 2. The summed E-state index contributed by atoms with van der Waals surface area (Å²) < 4.78 is 17.0. The minimum atomic E-state index is -0.227. The maximum Gasteiger partial charge on any atom is 0.330 e. The second kappa shape index (κ2) is 14.2. The first kappa shape index (κ1) is 26.3. The Bertz CT molecular complexity index is 768. The Morgan fingerprint density at radius 3 is 2.09 bits per heavy atom. The van der Waals surface area contributed by atoms with Gasteiger partial charge in [0.05, 0.1) is 12.5 Å². The van der Waals surface area contributed by atoms with E-state index >= 15 is 0 Å². The van der Waals surface area contributed by atoms with Crippen LogP contribution in [0.4, 0.5) is 0 Å². The van der Waals surface area contributed by atoms with Crippen LogP contribution in [0, 0.1) is 17.8 Å². The lowest BCUT2D eigenvalue weighted by molar-refractivity contribution is -0.145. The van der Waals surface area contributed by atoms with Crippen molar-refractivity contribution in [3.8, 4) is 11.5 Å². The van der Waals surface area contributed by atoms with Crippen LogP contribution in [0.1, 0.15) is 90.9 Å². The van der Waals surface area contributed by atoms with Crippen molar-refractivity contribution in [3.63, 3.8) is 0 Å². The number of esters is 2. The van der Waals surface area contributed by atoms with E-state index in [1.54, 1.807) is 6.08 Å². The van der Waals surface area contributed by atoms with Crippen molar-refractivity contribution < 1.29 is 23.8 Å². The maximum absolute atomic E-state index is 12.7. The molecule has 0 spiro atoms. The molecule has 2 aliphatic rings. The number of hydrogen-bond acceptors (Lipinski definition) is 5. The summed E-state index contributed by atoms with van der Waals surface area (Å²) in [5, 5.41) is 0. The van der Waals surface area contributed by atoms with E-state index in [2.05, 4.69) is 6.92 Å². The van der Waals surface area contributed by atoms with E-state index in [1.807, 2.05) is 31.2 Å². The highest BCUT2D eigenvalue weighted by molar-refractivity contribution is 5.81. The lowest BCUT2D eigenvalue weighted by Crippen LogP contribution is -2.31. The van der Waals surface area contributed by atoms with E-state index in [0.29, 0.717) is 17.6 Å². The van der Waals surface area contributed by atoms with Crippen LogP contribution in [0.2, 0.25) is 0 Å². The number of hydrogen-bond donors (Lipinski definition) is 0. The van der Waals surface area contributed by atoms with Gasteiger partial charge in [-0.3, -0.25) is 4.79 Å². The molecule has 2 saturated carbocycles. The summed E-state index contributed by atoms with van der Waals surface area (Å²) in [5.41, 5.74) is 0. The van der Waals surface area contributed by atoms with E-state index in [4.69, 9.17) is 14.2 Å². The molecular weight excluding hydrogens is 428 g/mol. The number of rotatable bonds is 11. The Kier molecular flexibility index (Phi) is 11.0. The normalized spacial score (nSPS) is 25.1. The molecule has 5 heteroatoms. The van der Waals surface area contributed by atoms with Crippen molar-refractivity contribution >= 4 is 11.9 Å².